The fraction of sp³-hybridized carbons (Fsp3) is 0.588. The molecule has 0 aliphatic carbocycles. The van der Waals surface area contributed by atoms with Crippen molar-refractivity contribution in [1.29, 1.82) is 0 Å². The highest BCUT2D eigenvalue weighted by atomic mass is 79.9. The third-order valence-corrected chi connectivity index (χ3v) is 10.4. The van der Waals surface area contributed by atoms with Gasteiger partial charge >= 0.3 is 5.97 Å². The van der Waals surface area contributed by atoms with Crippen molar-refractivity contribution in [2.75, 3.05) is 65.6 Å². The number of aliphatic hydroxyl groups excluding tert-OH is 1. The lowest BCUT2D eigenvalue weighted by Crippen LogP contribution is -2.58. The van der Waals surface area contributed by atoms with Crippen molar-refractivity contribution in [3.05, 3.63) is 61.2 Å². The zero-order valence-electron chi connectivity index (χ0n) is 26.6. The van der Waals surface area contributed by atoms with E-state index in [4.69, 9.17) is 14.2 Å². The van der Waals surface area contributed by atoms with Crippen LogP contribution in [0, 0.1) is 11.8 Å². The Labute approximate surface area is 284 Å². The molecule has 4 aliphatic rings. The van der Waals surface area contributed by atoms with Crippen molar-refractivity contribution in [1.82, 2.24) is 20.0 Å². The Morgan fingerprint density at radius 3 is 2.60 bits per heavy atom. The standard InChI is InChI=1S/C34H45BrN4O8/c1-3-5-11-26(41)36-22-25(23-9-7-6-8-10-23)46-33(44)27-28-31(42)39(15-18-40)30(34(28)21-24(35)29(27)47-34)32(43)38(12-4-2)14-13-37-16-19-45-20-17-37/h3-4,6-10,24-25,27-30,40H,1-2,5,11-22H2,(H,36,41)/t24?,25-,27+,28-,29+,30+,34-/m1/s1. The van der Waals surface area contributed by atoms with Gasteiger partial charge in [-0.3, -0.25) is 24.1 Å². The van der Waals surface area contributed by atoms with Gasteiger partial charge in [-0.25, -0.2) is 0 Å². The second-order valence-electron chi connectivity index (χ2n) is 12.4. The number of esters is 1. The van der Waals surface area contributed by atoms with E-state index in [0.717, 1.165) is 13.1 Å². The molecule has 256 valence electrons. The number of rotatable bonds is 16. The van der Waals surface area contributed by atoms with E-state index in [1.54, 1.807) is 17.1 Å². The molecule has 12 nitrogen and oxygen atoms in total. The van der Waals surface area contributed by atoms with Crippen molar-refractivity contribution in [2.45, 2.75) is 47.9 Å². The number of fused-ring (bicyclic) bond motifs is 1. The summed E-state index contributed by atoms with van der Waals surface area (Å²) >= 11 is 3.69. The summed E-state index contributed by atoms with van der Waals surface area (Å²) in [5.41, 5.74) is -0.599. The SMILES string of the molecule is C=CCCC(=O)NC[C@@H](OC(=O)[C@@H]1[C@H]2O[C@@]3(CC2Br)[C@H](C(=O)N(CC=C)CCN2CCOCC2)N(CCO)C(=O)[C@@H]13)c1ccccc1. The molecule has 47 heavy (non-hydrogen) atoms. The summed E-state index contributed by atoms with van der Waals surface area (Å²) in [5, 5.41) is 12.8. The van der Waals surface area contributed by atoms with Crippen LogP contribution in [0.3, 0.4) is 0 Å². The van der Waals surface area contributed by atoms with Crippen molar-refractivity contribution in [3.63, 3.8) is 0 Å². The first kappa shape index (κ1) is 35.2. The lowest BCUT2D eigenvalue weighted by Gasteiger charge is -2.37. The smallest absolute Gasteiger partial charge is 0.313 e. The molecule has 4 heterocycles. The Bertz CT molecular complexity index is 1310. The maximum Gasteiger partial charge on any atom is 0.313 e. The lowest BCUT2D eigenvalue weighted by atomic mass is 9.70. The quantitative estimate of drug-likeness (QED) is 0.148. The number of allylic oxidation sites excluding steroid dienone is 1. The molecule has 1 aromatic carbocycles. The second kappa shape index (κ2) is 15.9. The molecule has 4 saturated heterocycles. The minimum absolute atomic E-state index is 0.0445. The van der Waals surface area contributed by atoms with Crippen LogP contribution in [0.5, 0.6) is 0 Å². The number of aliphatic hydroxyl groups is 1. The van der Waals surface area contributed by atoms with Crippen LogP contribution in [0.1, 0.15) is 30.9 Å². The number of β-amino-alcohol motifs (C(OH)–C–C–N with tert-alkyl or cyclic N) is 1. The monoisotopic (exact) mass is 716 g/mol. The molecule has 0 aromatic heterocycles. The van der Waals surface area contributed by atoms with E-state index in [-0.39, 0.29) is 49.3 Å². The number of alkyl halides is 1. The summed E-state index contributed by atoms with van der Waals surface area (Å²) in [6.45, 7) is 11.2. The minimum atomic E-state index is -1.29. The van der Waals surface area contributed by atoms with Gasteiger partial charge in [-0.1, -0.05) is 58.4 Å². The molecule has 1 spiro atoms. The number of ether oxygens (including phenoxy) is 3. The fourth-order valence-corrected chi connectivity index (χ4v) is 8.32. The Balaban J connectivity index is 1.39. The summed E-state index contributed by atoms with van der Waals surface area (Å²) in [5.74, 6) is -3.53. The Morgan fingerprint density at radius 2 is 1.91 bits per heavy atom. The molecule has 4 fully saturated rings. The summed E-state index contributed by atoms with van der Waals surface area (Å²) < 4.78 is 18.1. The van der Waals surface area contributed by atoms with E-state index in [2.05, 4.69) is 39.3 Å². The number of hydrogen-bond donors (Lipinski definition) is 2. The average molecular weight is 718 g/mol. The molecular weight excluding hydrogens is 672 g/mol. The normalized spacial score (nSPS) is 28.9. The fourth-order valence-electron chi connectivity index (χ4n) is 7.38. The molecule has 2 bridgehead atoms. The number of carbonyl (C=O) groups excluding carboxylic acids is 4. The first-order chi connectivity index (χ1) is 22.7. The third-order valence-electron chi connectivity index (χ3n) is 9.58. The Hall–Kier alpha value is -3.10. The second-order valence-corrected chi connectivity index (χ2v) is 13.6. The van der Waals surface area contributed by atoms with Gasteiger partial charge in [0.25, 0.3) is 0 Å². The van der Waals surface area contributed by atoms with Gasteiger partial charge < -0.3 is 34.4 Å². The van der Waals surface area contributed by atoms with Gasteiger partial charge in [-0.15, -0.1) is 13.2 Å². The first-order valence-electron chi connectivity index (χ1n) is 16.3. The molecule has 13 heteroatoms. The number of likely N-dealkylation sites (tertiary alicyclic amines) is 1. The van der Waals surface area contributed by atoms with Crippen LogP contribution < -0.4 is 5.32 Å². The maximum absolute atomic E-state index is 14.4. The van der Waals surface area contributed by atoms with Crippen LogP contribution >= 0.6 is 15.9 Å². The number of nitrogens with one attached hydrogen (secondary N) is 1. The topological polar surface area (TPSA) is 138 Å². The van der Waals surface area contributed by atoms with E-state index in [9.17, 15) is 24.3 Å². The maximum atomic E-state index is 14.4. The van der Waals surface area contributed by atoms with Gasteiger partial charge in [0, 0.05) is 50.5 Å². The average Bonchev–Trinajstić information content (AvgIpc) is 3.67. The molecule has 1 unspecified atom stereocenters. The van der Waals surface area contributed by atoms with Crippen molar-refractivity contribution >= 4 is 39.6 Å². The molecule has 0 radical (unpaired) electrons. The minimum Gasteiger partial charge on any atom is -0.455 e. The van der Waals surface area contributed by atoms with E-state index < -0.39 is 47.6 Å². The predicted molar refractivity (Wildman–Crippen MR) is 176 cm³/mol. The van der Waals surface area contributed by atoms with E-state index in [1.807, 2.05) is 30.3 Å². The van der Waals surface area contributed by atoms with Crippen LogP contribution in [-0.4, -0.2) is 132 Å². The number of halogens is 1. The van der Waals surface area contributed by atoms with Crippen LogP contribution in [0.25, 0.3) is 0 Å². The number of benzene rings is 1. The van der Waals surface area contributed by atoms with Crippen LogP contribution in [0.4, 0.5) is 0 Å². The van der Waals surface area contributed by atoms with Gasteiger partial charge in [-0.05, 0) is 18.4 Å². The van der Waals surface area contributed by atoms with Gasteiger partial charge in [0.2, 0.25) is 17.7 Å². The highest BCUT2D eigenvalue weighted by Gasteiger charge is 2.77. The number of nitrogens with zero attached hydrogens (tertiary/aromatic N) is 3. The molecule has 2 N–H and O–H groups in total. The molecule has 0 saturated carbocycles. The molecule has 1 aromatic rings. The third kappa shape index (κ3) is 7.34. The number of hydrogen-bond acceptors (Lipinski definition) is 9. The highest BCUT2D eigenvalue weighted by molar-refractivity contribution is 9.09. The first-order valence-corrected chi connectivity index (χ1v) is 17.2. The summed E-state index contributed by atoms with van der Waals surface area (Å²) in [6, 6.07) is 8.06. The Kier molecular flexibility index (Phi) is 11.9. The van der Waals surface area contributed by atoms with Crippen LogP contribution in [0.2, 0.25) is 0 Å². The van der Waals surface area contributed by atoms with E-state index in [0.29, 0.717) is 44.7 Å². The highest BCUT2D eigenvalue weighted by Crippen LogP contribution is 2.60. The summed E-state index contributed by atoms with van der Waals surface area (Å²) in [7, 11) is 0. The number of carbonyl (C=O) groups is 4. The molecule has 7 atom stereocenters. The molecular formula is C34H45BrN4O8. The van der Waals surface area contributed by atoms with Crippen LogP contribution in [0.15, 0.2) is 55.6 Å². The molecule has 3 amide bonds. The van der Waals surface area contributed by atoms with Crippen molar-refractivity contribution < 1.29 is 38.5 Å². The van der Waals surface area contributed by atoms with Crippen LogP contribution in [-0.2, 0) is 33.4 Å². The zero-order chi connectivity index (χ0) is 33.6. The van der Waals surface area contributed by atoms with Gasteiger partial charge in [0.15, 0.2) is 0 Å². The number of morpholine rings is 1. The van der Waals surface area contributed by atoms with E-state index in [1.165, 1.54) is 4.90 Å². The summed E-state index contributed by atoms with van der Waals surface area (Å²) in [6.07, 6.45) is 2.90. The largest absolute Gasteiger partial charge is 0.455 e. The molecule has 5 rings (SSSR count). The van der Waals surface area contributed by atoms with Gasteiger partial charge in [-0.2, -0.15) is 0 Å². The van der Waals surface area contributed by atoms with Crippen molar-refractivity contribution in [3.8, 4) is 0 Å². The van der Waals surface area contributed by atoms with Gasteiger partial charge in [0.1, 0.15) is 17.7 Å². The Morgan fingerprint density at radius 1 is 1.17 bits per heavy atom. The molecule has 4 aliphatic heterocycles. The zero-order valence-corrected chi connectivity index (χ0v) is 28.2. The van der Waals surface area contributed by atoms with Crippen molar-refractivity contribution in [2.24, 2.45) is 11.8 Å². The van der Waals surface area contributed by atoms with Gasteiger partial charge in [0.05, 0.1) is 44.3 Å². The predicted octanol–water partition coefficient (Wildman–Crippen LogP) is 1.44. The van der Waals surface area contributed by atoms with E-state index >= 15 is 0 Å². The summed E-state index contributed by atoms with van der Waals surface area (Å²) in [4.78, 5) is 60.1. The lowest BCUT2D eigenvalue weighted by molar-refractivity contribution is -0.160. The number of amides is 3.